The van der Waals surface area contributed by atoms with E-state index in [0.29, 0.717) is 17.0 Å². The van der Waals surface area contributed by atoms with Crippen molar-refractivity contribution in [1.82, 2.24) is 9.78 Å². The van der Waals surface area contributed by atoms with Gasteiger partial charge < -0.3 is 9.84 Å². The third kappa shape index (κ3) is 3.59. The minimum Gasteiger partial charge on any atom is -0.457 e. The number of benzene rings is 3. The van der Waals surface area contributed by atoms with E-state index in [1.165, 1.54) is 19.1 Å². The molecule has 0 saturated carbocycles. The molecule has 3 aromatic carbocycles. The molecule has 1 heterocycles. The van der Waals surface area contributed by atoms with Gasteiger partial charge in [-0.2, -0.15) is 9.49 Å². The first-order chi connectivity index (χ1) is 13.9. The van der Waals surface area contributed by atoms with Crippen LogP contribution in [-0.4, -0.2) is 21.2 Å². The molecule has 2 atom stereocenters. The van der Waals surface area contributed by atoms with Crippen molar-refractivity contribution in [2.24, 2.45) is 0 Å². The Morgan fingerprint density at radius 2 is 1.79 bits per heavy atom. The van der Waals surface area contributed by atoms with Gasteiger partial charge in [-0.25, -0.2) is 9.07 Å². The lowest BCUT2D eigenvalue weighted by atomic mass is 9.95. The highest BCUT2D eigenvalue weighted by Gasteiger charge is 2.36. The van der Waals surface area contributed by atoms with Crippen molar-refractivity contribution in [3.8, 4) is 11.4 Å². The Bertz CT molecular complexity index is 1150. The molecule has 4 rings (SSSR count). The van der Waals surface area contributed by atoms with E-state index < -0.39 is 12.0 Å². The largest absolute Gasteiger partial charge is 0.457 e. The second kappa shape index (κ2) is 7.29. The average molecular weight is 394 g/mol. The van der Waals surface area contributed by atoms with Gasteiger partial charge in [-0.15, -0.1) is 0 Å². The van der Waals surface area contributed by atoms with Gasteiger partial charge in [-0.05, 0) is 67.4 Å². The van der Waals surface area contributed by atoms with Crippen molar-refractivity contribution in [1.29, 1.82) is 0 Å². The number of hydrogen-bond donors (Lipinski definition) is 1. The van der Waals surface area contributed by atoms with E-state index in [4.69, 9.17) is 4.74 Å². The SMILES string of the molecule is Cc1ccccc1OC(F)C(C)(O)c1ccc2c(cnn2-c2ccc(F)cc2)c1. The summed E-state index contributed by atoms with van der Waals surface area (Å²) in [4.78, 5) is 0. The highest BCUT2D eigenvalue weighted by molar-refractivity contribution is 5.81. The van der Waals surface area contributed by atoms with Gasteiger partial charge in [-0.1, -0.05) is 24.3 Å². The van der Waals surface area contributed by atoms with Crippen molar-refractivity contribution in [3.63, 3.8) is 0 Å². The number of nitrogens with zero attached hydrogens (tertiary/aromatic N) is 2. The Morgan fingerprint density at radius 1 is 1.07 bits per heavy atom. The normalized spacial score (nSPS) is 14.5. The molecular formula is C23H20F2N2O2. The van der Waals surface area contributed by atoms with Crippen molar-refractivity contribution in [2.75, 3.05) is 0 Å². The Hall–Kier alpha value is -3.25. The average Bonchev–Trinajstić information content (AvgIpc) is 3.13. The number of hydrogen-bond acceptors (Lipinski definition) is 3. The highest BCUT2D eigenvalue weighted by atomic mass is 19.1. The number of ether oxygens (including phenoxy) is 1. The molecule has 4 aromatic rings. The maximum Gasteiger partial charge on any atom is 0.270 e. The Kier molecular flexibility index (Phi) is 4.80. The maximum absolute atomic E-state index is 14.9. The first kappa shape index (κ1) is 19.1. The lowest BCUT2D eigenvalue weighted by Gasteiger charge is -2.28. The number of aryl methyl sites for hydroxylation is 1. The van der Waals surface area contributed by atoms with Crippen LogP contribution in [0, 0.1) is 12.7 Å². The van der Waals surface area contributed by atoms with Gasteiger partial charge in [0.1, 0.15) is 11.6 Å². The fourth-order valence-corrected chi connectivity index (χ4v) is 3.18. The minimum absolute atomic E-state index is 0.328. The molecule has 4 nitrogen and oxygen atoms in total. The molecule has 0 aliphatic rings. The molecule has 0 saturated heterocycles. The van der Waals surface area contributed by atoms with E-state index in [-0.39, 0.29) is 5.82 Å². The summed E-state index contributed by atoms with van der Waals surface area (Å²) in [5.41, 5.74) is 0.735. The van der Waals surface area contributed by atoms with Crippen LogP contribution >= 0.6 is 0 Å². The van der Waals surface area contributed by atoms with Crippen LogP contribution in [0.3, 0.4) is 0 Å². The summed E-state index contributed by atoms with van der Waals surface area (Å²) in [6.45, 7) is 3.19. The quantitative estimate of drug-likeness (QED) is 0.515. The van der Waals surface area contributed by atoms with E-state index in [9.17, 15) is 13.9 Å². The zero-order valence-corrected chi connectivity index (χ0v) is 16.0. The number of para-hydroxylation sites is 1. The van der Waals surface area contributed by atoms with Crippen molar-refractivity contribution in [3.05, 3.63) is 89.9 Å². The molecule has 148 valence electrons. The summed E-state index contributed by atoms with van der Waals surface area (Å²) < 4.78 is 35.1. The van der Waals surface area contributed by atoms with Gasteiger partial charge in [0.25, 0.3) is 6.36 Å². The summed E-state index contributed by atoms with van der Waals surface area (Å²) in [6, 6.07) is 18.1. The molecule has 0 amide bonds. The second-order valence-electron chi connectivity index (χ2n) is 7.15. The number of alkyl halides is 1. The van der Waals surface area contributed by atoms with Crippen LogP contribution in [0.25, 0.3) is 16.6 Å². The van der Waals surface area contributed by atoms with E-state index in [0.717, 1.165) is 16.5 Å². The molecule has 1 N–H and O–H groups in total. The van der Waals surface area contributed by atoms with Crippen molar-refractivity contribution < 1.29 is 18.6 Å². The monoisotopic (exact) mass is 394 g/mol. The predicted molar refractivity (Wildman–Crippen MR) is 107 cm³/mol. The van der Waals surface area contributed by atoms with Crippen LogP contribution < -0.4 is 4.74 Å². The summed E-state index contributed by atoms with van der Waals surface area (Å²) in [7, 11) is 0. The lowest BCUT2D eigenvalue weighted by molar-refractivity contribution is -0.119. The lowest BCUT2D eigenvalue weighted by Crippen LogP contribution is -2.37. The Morgan fingerprint density at radius 3 is 2.52 bits per heavy atom. The van der Waals surface area contributed by atoms with E-state index in [2.05, 4.69) is 5.10 Å². The first-order valence-electron chi connectivity index (χ1n) is 9.19. The molecule has 29 heavy (non-hydrogen) atoms. The van der Waals surface area contributed by atoms with Gasteiger partial charge in [-0.3, -0.25) is 0 Å². The van der Waals surface area contributed by atoms with Crippen LogP contribution in [0.2, 0.25) is 0 Å². The molecule has 0 fully saturated rings. The van der Waals surface area contributed by atoms with Crippen LogP contribution in [0.4, 0.5) is 8.78 Å². The molecule has 0 aliphatic heterocycles. The van der Waals surface area contributed by atoms with Crippen LogP contribution in [0.15, 0.2) is 72.9 Å². The maximum atomic E-state index is 14.9. The number of rotatable bonds is 5. The molecule has 6 heteroatoms. The van der Waals surface area contributed by atoms with Gasteiger partial charge >= 0.3 is 0 Å². The Balaban J connectivity index is 1.65. The number of halogens is 2. The summed E-state index contributed by atoms with van der Waals surface area (Å²) in [6.07, 6.45) is -0.346. The molecule has 0 spiro atoms. The zero-order chi connectivity index (χ0) is 20.6. The second-order valence-corrected chi connectivity index (χ2v) is 7.15. The summed E-state index contributed by atoms with van der Waals surface area (Å²) in [5.74, 6) is 0.0525. The third-order valence-corrected chi connectivity index (χ3v) is 4.99. The van der Waals surface area contributed by atoms with E-state index in [1.807, 2.05) is 19.1 Å². The van der Waals surface area contributed by atoms with Crippen LogP contribution in [0.1, 0.15) is 18.1 Å². The molecule has 1 aromatic heterocycles. The number of fused-ring (bicyclic) bond motifs is 1. The van der Waals surface area contributed by atoms with Gasteiger partial charge in [0.2, 0.25) is 0 Å². The van der Waals surface area contributed by atoms with Gasteiger partial charge in [0.15, 0.2) is 5.60 Å². The predicted octanol–water partition coefficient (Wildman–Crippen LogP) is 5.06. The molecule has 0 bridgehead atoms. The number of aliphatic hydroxyl groups is 1. The summed E-state index contributed by atoms with van der Waals surface area (Å²) in [5, 5.41) is 15.9. The summed E-state index contributed by atoms with van der Waals surface area (Å²) >= 11 is 0. The topological polar surface area (TPSA) is 47.3 Å². The smallest absolute Gasteiger partial charge is 0.270 e. The molecule has 0 radical (unpaired) electrons. The van der Waals surface area contributed by atoms with Crippen molar-refractivity contribution in [2.45, 2.75) is 25.8 Å². The molecule has 0 aliphatic carbocycles. The van der Waals surface area contributed by atoms with Gasteiger partial charge in [0, 0.05) is 5.39 Å². The molecule has 2 unspecified atom stereocenters. The van der Waals surface area contributed by atoms with Crippen LogP contribution in [-0.2, 0) is 5.60 Å². The minimum atomic E-state index is -1.96. The molecular weight excluding hydrogens is 374 g/mol. The third-order valence-electron chi connectivity index (χ3n) is 4.99. The van der Waals surface area contributed by atoms with Crippen LogP contribution in [0.5, 0.6) is 5.75 Å². The Labute approximate surface area is 167 Å². The fraction of sp³-hybridized carbons (Fsp3) is 0.174. The standard InChI is InChI=1S/C23H20F2N2O2/c1-15-5-3-4-6-21(15)29-22(25)23(2,28)17-7-12-20-16(13-17)14-26-27(20)19-10-8-18(24)9-11-19/h3-14,22,28H,1-2H3. The van der Waals surface area contributed by atoms with Gasteiger partial charge in [0.05, 0.1) is 17.4 Å². The fourth-order valence-electron chi connectivity index (χ4n) is 3.18. The van der Waals surface area contributed by atoms with E-state index in [1.54, 1.807) is 53.3 Å². The zero-order valence-electron chi connectivity index (χ0n) is 16.0. The number of aromatic nitrogens is 2. The van der Waals surface area contributed by atoms with E-state index >= 15 is 0 Å². The highest BCUT2D eigenvalue weighted by Crippen LogP contribution is 2.32. The first-order valence-corrected chi connectivity index (χ1v) is 9.19. The van der Waals surface area contributed by atoms with Crippen molar-refractivity contribution >= 4 is 10.9 Å².